The van der Waals surface area contributed by atoms with Gasteiger partial charge in [-0.15, -0.1) is 0 Å². The van der Waals surface area contributed by atoms with Crippen LogP contribution in [0.3, 0.4) is 0 Å². The molecule has 1 fully saturated rings. The number of hydrogen-bond donors (Lipinski definition) is 1. The van der Waals surface area contributed by atoms with Crippen molar-refractivity contribution in [3.8, 4) is 0 Å². The maximum Gasteiger partial charge on any atom is 0.159 e. The predicted octanol–water partition coefficient (Wildman–Crippen LogP) is 2.56. The molecule has 0 saturated heterocycles. The molecule has 0 bridgehead atoms. The maximum atomic E-state index is 12.3. The van der Waals surface area contributed by atoms with Gasteiger partial charge in [-0.25, -0.2) is 8.42 Å². The SMILES string of the molecule is O=S(=O)(Cc1ccc(Cl)cc1)[C@H]1CCCC[C@H]1O. The molecule has 2 atom stereocenters. The summed E-state index contributed by atoms with van der Waals surface area (Å²) in [7, 11) is -3.29. The van der Waals surface area contributed by atoms with Gasteiger partial charge in [0.05, 0.1) is 17.1 Å². The van der Waals surface area contributed by atoms with Crippen LogP contribution in [0, 0.1) is 0 Å². The van der Waals surface area contributed by atoms with Gasteiger partial charge in [-0.05, 0) is 30.5 Å². The van der Waals surface area contributed by atoms with Crippen LogP contribution >= 0.6 is 11.6 Å². The molecule has 1 aliphatic rings. The number of aliphatic hydroxyl groups excluding tert-OH is 1. The Hall–Kier alpha value is -0.580. The van der Waals surface area contributed by atoms with E-state index in [0.29, 0.717) is 17.9 Å². The van der Waals surface area contributed by atoms with E-state index in [9.17, 15) is 13.5 Å². The van der Waals surface area contributed by atoms with Gasteiger partial charge in [-0.1, -0.05) is 36.6 Å². The zero-order valence-electron chi connectivity index (χ0n) is 10.0. The molecule has 0 aromatic heterocycles. The van der Waals surface area contributed by atoms with E-state index in [0.717, 1.165) is 18.4 Å². The highest BCUT2D eigenvalue weighted by Gasteiger charge is 2.34. The van der Waals surface area contributed by atoms with Crippen molar-refractivity contribution in [2.24, 2.45) is 0 Å². The van der Waals surface area contributed by atoms with Crippen LogP contribution in [0.1, 0.15) is 31.2 Å². The zero-order chi connectivity index (χ0) is 13.2. The molecule has 0 heterocycles. The molecule has 5 heteroatoms. The van der Waals surface area contributed by atoms with E-state index in [2.05, 4.69) is 0 Å². The van der Waals surface area contributed by atoms with E-state index in [1.165, 1.54) is 0 Å². The summed E-state index contributed by atoms with van der Waals surface area (Å²) < 4.78 is 24.5. The van der Waals surface area contributed by atoms with Crippen molar-refractivity contribution in [3.05, 3.63) is 34.9 Å². The van der Waals surface area contributed by atoms with Crippen LogP contribution in [0.5, 0.6) is 0 Å². The Kier molecular flexibility index (Phi) is 4.30. The largest absolute Gasteiger partial charge is 0.392 e. The number of halogens is 1. The van der Waals surface area contributed by atoms with Crippen LogP contribution in [-0.4, -0.2) is 24.9 Å². The van der Waals surface area contributed by atoms with Crippen LogP contribution in [-0.2, 0) is 15.6 Å². The van der Waals surface area contributed by atoms with Crippen LogP contribution in [0.2, 0.25) is 5.02 Å². The summed E-state index contributed by atoms with van der Waals surface area (Å²) in [5.41, 5.74) is 0.720. The average molecular weight is 289 g/mol. The fourth-order valence-corrected chi connectivity index (χ4v) is 4.55. The molecule has 0 unspecified atom stereocenters. The van der Waals surface area contributed by atoms with Gasteiger partial charge in [0.15, 0.2) is 9.84 Å². The lowest BCUT2D eigenvalue weighted by atomic mass is 9.97. The first-order chi connectivity index (χ1) is 8.49. The third kappa shape index (κ3) is 3.25. The summed E-state index contributed by atoms with van der Waals surface area (Å²) in [5, 5.41) is 9.81. The molecule has 0 amide bonds. The first kappa shape index (κ1) is 13.8. The van der Waals surface area contributed by atoms with E-state index < -0.39 is 21.2 Å². The first-order valence-electron chi connectivity index (χ1n) is 6.13. The summed E-state index contributed by atoms with van der Waals surface area (Å²) in [6.07, 6.45) is 2.23. The standard InChI is InChI=1S/C13H17ClO3S/c14-11-7-5-10(6-8-11)9-18(16,17)13-4-2-1-3-12(13)15/h5-8,12-13,15H,1-4,9H2/t12-,13+/m1/s1. The molecule has 0 radical (unpaired) electrons. The van der Waals surface area contributed by atoms with Crippen molar-refractivity contribution in [1.29, 1.82) is 0 Å². The lowest BCUT2D eigenvalue weighted by molar-refractivity contribution is 0.133. The molecular formula is C13H17ClO3S. The summed E-state index contributed by atoms with van der Waals surface area (Å²) in [6, 6.07) is 6.80. The van der Waals surface area contributed by atoms with Gasteiger partial charge in [0.1, 0.15) is 0 Å². The second kappa shape index (κ2) is 5.59. The van der Waals surface area contributed by atoms with Crippen LogP contribution in [0.15, 0.2) is 24.3 Å². The summed E-state index contributed by atoms with van der Waals surface area (Å²) in [4.78, 5) is 0. The van der Waals surface area contributed by atoms with Crippen LogP contribution in [0.25, 0.3) is 0 Å². The van der Waals surface area contributed by atoms with Crippen molar-refractivity contribution in [1.82, 2.24) is 0 Å². The molecule has 0 spiro atoms. The fourth-order valence-electron chi connectivity index (χ4n) is 2.42. The Balaban J connectivity index is 2.13. The second-order valence-corrected chi connectivity index (χ2v) is 7.48. The average Bonchev–Trinajstić information content (AvgIpc) is 2.32. The molecule has 0 aliphatic heterocycles. The van der Waals surface area contributed by atoms with Crippen molar-refractivity contribution >= 4 is 21.4 Å². The number of hydrogen-bond acceptors (Lipinski definition) is 3. The van der Waals surface area contributed by atoms with E-state index >= 15 is 0 Å². The smallest absolute Gasteiger partial charge is 0.159 e. The van der Waals surface area contributed by atoms with Crippen molar-refractivity contribution in [3.63, 3.8) is 0 Å². The molecule has 1 aromatic rings. The molecule has 1 aromatic carbocycles. The maximum absolute atomic E-state index is 12.3. The van der Waals surface area contributed by atoms with Crippen LogP contribution in [0.4, 0.5) is 0 Å². The molecule has 1 aliphatic carbocycles. The minimum absolute atomic E-state index is 0.0219. The van der Waals surface area contributed by atoms with E-state index in [1.807, 2.05) is 0 Å². The van der Waals surface area contributed by atoms with Gasteiger partial charge in [0.2, 0.25) is 0 Å². The quantitative estimate of drug-likeness (QED) is 0.930. The number of benzene rings is 1. The Labute approximate surface area is 113 Å². The number of aliphatic hydroxyl groups is 1. The Morgan fingerprint density at radius 1 is 1.17 bits per heavy atom. The third-order valence-electron chi connectivity index (χ3n) is 3.41. The minimum atomic E-state index is -3.29. The normalized spacial score (nSPS) is 25.0. The summed E-state index contributed by atoms with van der Waals surface area (Å²) in [6.45, 7) is 0. The zero-order valence-corrected chi connectivity index (χ0v) is 11.6. The van der Waals surface area contributed by atoms with Gasteiger partial charge in [0, 0.05) is 5.02 Å². The Morgan fingerprint density at radius 3 is 2.39 bits per heavy atom. The van der Waals surface area contributed by atoms with Crippen molar-refractivity contribution in [2.45, 2.75) is 42.8 Å². The van der Waals surface area contributed by atoms with E-state index in [4.69, 9.17) is 11.6 Å². The topological polar surface area (TPSA) is 54.4 Å². The Morgan fingerprint density at radius 2 is 1.78 bits per heavy atom. The van der Waals surface area contributed by atoms with E-state index in [-0.39, 0.29) is 5.75 Å². The summed E-state index contributed by atoms with van der Waals surface area (Å²) in [5.74, 6) is -0.0219. The highest BCUT2D eigenvalue weighted by molar-refractivity contribution is 7.91. The summed E-state index contributed by atoms with van der Waals surface area (Å²) >= 11 is 5.77. The lowest BCUT2D eigenvalue weighted by Crippen LogP contribution is -2.37. The lowest BCUT2D eigenvalue weighted by Gasteiger charge is -2.27. The van der Waals surface area contributed by atoms with Gasteiger partial charge < -0.3 is 5.11 Å². The van der Waals surface area contributed by atoms with Gasteiger partial charge in [-0.2, -0.15) is 0 Å². The molecule has 1 N–H and O–H groups in total. The highest BCUT2D eigenvalue weighted by atomic mass is 35.5. The third-order valence-corrected chi connectivity index (χ3v) is 5.87. The molecule has 2 rings (SSSR count). The number of sulfone groups is 1. The van der Waals surface area contributed by atoms with E-state index in [1.54, 1.807) is 24.3 Å². The Bertz CT molecular complexity index is 495. The van der Waals surface area contributed by atoms with Gasteiger partial charge in [-0.3, -0.25) is 0 Å². The molecule has 1 saturated carbocycles. The fraction of sp³-hybridized carbons (Fsp3) is 0.538. The van der Waals surface area contributed by atoms with Gasteiger partial charge in [0.25, 0.3) is 0 Å². The molecule has 18 heavy (non-hydrogen) atoms. The number of rotatable bonds is 3. The van der Waals surface area contributed by atoms with Crippen LogP contribution < -0.4 is 0 Å². The second-order valence-electron chi connectivity index (χ2n) is 4.82. The molecule has 100 valence electrons. The molecule has 3 nitrogen and oxygen atoms in total. The monoisotopic (exact) mass is 288 g/mol. The van der Waals surface area contributed by atoms with Crippen molar-refractivity contribution in [2.75, 3.05) is 0 Å². The van der Waals surface area contributed by atoms with Crippen molar-refractivity contribution < 1.29 is 13.5 Å². The van der Waals surface area contributed by atoms with Gasteiger partial charge >= 0.3 is 0 Å². The first-order valence-corrected chi connectivity index (χ1v) is 8.22. The minimum Gasteiger partial charge on any atom is -0.392 e. The molecular weight excluding hydrogens is 272 g/mol. The highest BCUT2D eigenvalue weighted by Crippen LogP contribution is 2.27. The predicted molar refractivity (Wildman–Crippen MR) is 72.3 cm³/mol.